The molecule has 4 aliphatic rings. The van der Waals surface area contributed by atoms with Crippen LogP contribution < -0.4 is 5.73 Å². The Bertz CT molecular complexity index is 210. The van der Waals surface area contributed by atoms with Gasteiger partial charge in [0.1, 0.15) is 0 Å². The molecule has 0 aliphatic heterocycles. The van der Waals surface area contributed by atoms with Gasteiger partial charge in [0, 0.05) is 5.92 Å². The maximum Gasteiger partial charge on any atom is 0.221 e. The molecular weight excluding hydrogens is 138 g/mol. The van der Waals surface area contributed by atoms with Crippen LogP contribution in [0.3, 0.4) is 0 Å². The zero-order valence-corrected chi connectivity index (χ0v) is 6.49. The van der Waals surface area contributed by atoms with Crippen molar-refractivity contribution in [2.45, 2.75) is 19.3 Å². The van der Waals surface area contributed by atoms with Gasteiger partial charge in [0.25, 0.3) is 0 Å². The lowest BCUT2D eigenvalue weighted by Gasteiger charge is -2.16. The summed E-state index contributed by atoms with van der Waals surface area (Å²) in [6, 6.07) is 0. The predicted molar refractivity (Wildman–Crippen MR) is 40.5 cm³/mol. The van der Waals surface area contributed by atoms with Crippen molar-refractivity contribution in [3.63, 3.8) is 0 Å². The van der Waals surface area contributed by atoms with E-state index in [4.69, 9.17) is 5.73 Å². The largest absolute Gasteiger partial charge is 0.369 e. The summed E-state index contributed by atoms with van der Waals surface area (Å²) in [6.07, 6.45) is 4.02. The quantitative estimate of drug-likeness (QED) is 0.590. The van der Waals surface area contributed by atoms with Gasteiger partial charge in [-0.05, 0) is 42.9 Å². The molecule has 60 valence electrons. The fourth-order valence-corrected chi connectivity index (χ4v) is 3.98. The maximum atomic E-state index is 11.1. The van der Waals surface area contributed by atoms with E-state index in [2.05, 4.69) is 0 Å². The third kappa shape index (κ3) is 0.534. The fourth-order valence-electron chi connectivity index (χ4n) is 3.98. The summed E-state index contributed by atoms with van der Waals surface area (Å²) >= 11 is 0. The fraction of sp³-hybridized carbons (Fsp3) is 0.889. The summed E-state index contributed by atoms with van der Waals surface area (Å²) in [5.41, 5.74) is 5.36. The highest BCUT2D eigenvalue weighted by Crippen LogP contribution is 2.65. The third-order valence-electron chi connectivity index (χ3n) is 4.22. The zero-order valence-electron chi connectivity index (χ0n) is 6.49. The second-order valence-corrected chi connectivity index (χ2v) is 4.48. The monoisotopic (exact) mass is 151 g/mol. The van der Waals surface area contributed by atoms with E-state index in [1.807, 2.05) is 0 Å². The van der Waals surface area contributed by atoms with Crippen molar-refractivity contribution in [2.75, 3.05) is 0 Å². The van der Waals surface area contributed by atoms with Crippen molar-refractivity contribution >= 4 is 5.91 Å². The van der Waals surface area contributed by atoms with Crippen LogP contribution in [-0.2, 0) is 4.79 Å². The summed E-state index contributed by atoms with van der Waals surface area (Å²) in [7, 11) is 0. The second kappa shape index (κ2) is 1.62. The van der Waals surface area contributed by atoms with Crippen LogP contribution in [0.2, 0.25) is 0 Å². The molecule has 4 saturated carbocycles. The van der Waals surface area contributed by atoms with Gasteiger partial charge in [-0.2, -0.15) is 0 Å². The lowest BCUT2D eigenvalue weighted by molar-refractivity contribution is -0.123. The minimum atomic E-state index is -0.0234. The van der Waals surface area contributed by atoms with Crippen molar-refractivity contribution in [3.05, 3.63) is 0 Å². The Morgan fingerprint density at radius 1 is 1.09 bits per heavy atom. The van der Waals surface area contributed by atoms with Crippen LogP contribution in [0.1, 0.15) is 19.3 Å². The first-order valence-corrected chi connectivity index (χ1v) is 4.56. The molecule has 1 amide bonds. The van der Waals surface area contributed by atoms with Crippen LogP contribution >= 0.6 is 0 Å². The van der Waals surface area contributed by atoms with Crippen LogP contribution in [0.25, 0.3) is 0 Å². The molecule has 4 bridgehead atoms. The highest BCUT2D eigenvalue weighted by atomic mass is 16.1. The minimum Gasteiger partial charge on any atom is -0.369 e. The first-order valence-electron chi connectivity index (χ1n) is 4.56. The molecule has 0 saturated heterocycles. The topological polar surface area (TPSA) is 43.1 Å². The van der Waals surface area contributed by atoms with Gasteiger partial charge in [0.2, 0.25) is 5.91 Å². The van der Waals surface area contributed by atoms with E-state index in [-0.39, 0.29) is 11.8 Å². The highest BCUT2D eigenvalue weighted by molar-refractivity contribution is 5.78. The van der Waals surface area contributed by atoms with Crippen molar-refractivity contribution in [3.8, 4) is 0 Å². The first kappa shape index (κ1) is 6.04. The van der Waals surface area contributed by atoms with Gasteiger partial charge in [-0.15, -0.1) is 0 Å². The standard InChI is InChI=1S/C9H13NO/c10-9(11)8-6-2-4-1-5(6)3-7(4)8/h4-8H,1-3H2,(H2,10,11). The number of carbonyl (C=O) groups excluding carboxylic acids is 1. The van der Waals surface area contributed by atoms with Crippen LogP contribution in [0.4, 0.5) is 0 Å². The molecule has 4 unspecified atom stereocenters. The van der Waals surface area contributed by atoms with Gasteiger partial charge >= 0.3 is 0 Å². The van der Waals surface area contributed by atoms with E-state index in [0.717, 1.165) is 11.8 Å². The summed E-state index contributed by atoms with van der Waals surface area (Å²) in [5, 5.41) is 0. The van der Waals surface area contributed by atoms with E-state index >= 15 is 0 Å². The van der Waals surface area contributed by atoms with Crippen LogP contribution in [-0.4, -0.2) is 5.91 Å². The van der Waals surface area contributed by atoms with E-state index in [9.17, 15) is 4.79 Å². The Labute approximate surface area is 66.1 Å². The summed E-state index contributed by atoms with van der Waals surface area (Å²) < 4.78 is 0. The Morgan fingerprint density at radius 3 is 1.91 bits per heavy atom. The van der Waals surface area contributed by atoms with Crippen molar-refractivity contribution in [2.24, 2.45) is 35.3 Å². The van der Waals surface area contributed by atoms with Crippen LogP contribution in [0, 0.1) is 29.6 Å². The average Bonchev–Trinajstić information content (AvgIpc) is 2.50. The van der Waals surface area contributed by atoms with Gasteiger partial charge in [-0.25, -0.2) is 0 Å². The lowest BCUT2D eigenvalue weighted by Crippen LogP contribution is -2.29. The van der Waals surface area contributed by atoms with E-state index in [1.54, 1.807) is 0 Å². The highest BCUT2D eigenvalue weighted by Gasteiger charge is 2.61. The van der Waals surface area contributed by atoms with Gasteiger partial charge in [-0.1, -0.05) is 0 Å². The number of nitrogens with two attached hydrogens (primary N) is 1. The smallest absolute Gasteiger partial charge is 0.221 e. The number of primary amides is 1. The molecule has 4 fully saturated rings. The van der Waals surface area contributed by atoms with Crippen molar-refractivity contribution in [1.29, 1.82) is 0 Å². The molecule has 2 nitrogen and oxygen atoms in total. The predicted octanol–water partition coefficient (Wildman–Crippen LogP) is 0.764. The SMILES string of the molecule is NC(=O)C1C2CC3CC2CC31. The molecule has 0 radical (unpaired) electrons. The van der Waals surface area contributed by atoms with Crippen molar-refractivity contribution in [1.82, 2.24) is 0 Å². The number of amides is 1. The van der Waals surface area contributed by atoms with E-state index in [1.165, 1.54) is 19.3 Å². The molecule has 4 atom stereocenters. The summed E-state index contributed by atoms with van der Waals surface area (Å²) in [5.74, 6) is 3.40. The van der Waals surface area contributed by atoms with Gasteiger partial charge in [0.05, 0.1) is 0 Å². The Hall–Kier alpha value is -0.530. The van der Waals surface area contributed by atoms with Crippen molar-refractivity contribution < 1.29 is 4.79 Å². The van der Waals surface area contributed by atoms with Gasteiger partial charge in [-0.3, -0.25) is 4.79 Å². The average molecular weight is 151 g/mol. The van der Waals surface area contributed by atoms with E-state index < -0.39 is 0 Å². The van der Waals surface area contributed by atoms with Gasteiger partial charge < -0.3 is 5.73 Å². The molecule has 11 heavy (non-hydrogen) atoms. The summed E-state index contributed by atoms with van der Waals surface area (Å²) in [4.78, 5) is 11.1. The molecule has 0 aromatic carbocycles. The number of hydrogen-bond donors (Lipinski definition) is 1. The normalized spacial score (nSPS) is 57.6. The molecule has 0 spiro atoms. The Kier molecular flexibility index (Phi) is 0.890. The molecule has 4 aliphatic carbocycles. The zero-order chi connectivity index (χ0) is 7.59. The first-order chi connectivity index (χ1) is 5.27. The molecular formula is C9H13NO. The lowest BCUT2D eigenvalue weighted by atomic mass is 9.88. The number of hydrogen-bond acceptors (Lipinski definition) is 1. The van der Waals surface area contributed by atoms with Crippen LogP contribution in [0.5, 0.6) is 0 Å². The van der Waals surface area contributed by atoms with Crippen LogP contribution in [0.15, 0.2) is 0 Å². The Morgan fingerprint density at radius 2 is 1.64 bits per heavy atom. The summed E-state index contributed by atoms with van der Waals surface area (Å²) in [6.45, 7) is 0. The molecule has 0 aromatic rings. The molecule has 2 N–H and O–H groups in total. The molecule has 0 aromatic heterocycles. The molecule has 0 heterocycles. The Balaban J connectivity index is 1.98. The molecule has 4 rings (SSSR count). The second-order valence-electron chi connectivity index (χ2n) is 4.48. The van der Waals surface area contributed by atoms with Gasteiger partial charge in [0.15, 0.2) is 0 Å². The maximum absolute atomic E-state index is 11.1. The number of carbonyl (C=O) groups is 1. The molecule has 2 heteroatoms. The third-order valence-corrected chi connectivity index (χ3v) is 4.22. The number of rotatable bonds is 1. The van der Waals surface area contributed by atoms with E-state index in [0.29, 0.717) is 11.8 Å². The minimum absolute atomic E-state index is 0.0234.